The van der Waals surface area contributed by atoms with E-state index in [1.807, 2.05) is 27.6 Å². The number of carbonyl (C=O) groups is 2. The van der Waals surface area contributed by atoms with Crippen molar-refractivity contribution in [2.24, 2.45) is 5.92 Å². The molecule has 0 saturated carbocycles. The lowest BCUT2D eigenvalue weighted by molar-refractivity contribution is -0.142. The van der Waals surface area contributed by atoms with Gasteiger partial charge in [0.2, 0.25) is 5.91 Å². The molecule has 6 nitrogen and oxygen atoms in total. The van der Waals surface area contributed by atoms with Crippen molar-refractivity contribution in [3.63, 3.8) is 0 Å². The number of rotatable bonds is 6. The summed E-state index contributed by atoms with van der Waals surface area (Å²) in [5, 5.41) is 13.3. The van der Waals surface area contributed by atoms with E-state index in [1.54, 1.807) is 17.4 Å². The van der Waals surface area contributed by atoms with Crippen LogP contribution in [0, 0.1) is 5.92 Å². The van der Waals surface area contributed by atoms with Gasteiger partial charge in [-0.3, -0.25) is 9.59 Å². The molecular weight excluding hydrogens is 302 g/mol. The van der Waals surface area contributed by atoms with Gasteiger partial charge in [-0.1, -0.05) is 0 Å². The summed E-state index contributed by atoms with van der Waals surface area (Å²) in [5.74, 6) is -1.63. The van der Waals surface area contributed by atoms with Crippen LogP contribution in [-0.4, -0.2) is 38.0 Å². The van der Waals surface area contributed by atoms with Crippen LogP contribution >= 0.6 is 11.3 Å². The van der Waals surface area contributed by atoms with Gasteiger partial charge in [0.25, 0.3) is 0 Å². The topological polar surface area (TPSA) is 75.4 Å². The van der Waals surface area contributed by atoms with Gasteiger partial charge in [-0.15, -0.1) is 0 Å². The van der Waals surface area contributed by atoms with Crippen molar-refractivity contribution in [1.82, 2.24) is 14.5 Å². The highest BCUT2D eigenvalue weighted by atomic mass is 32.1. The molecule has 116 valence electrons. The molecule has 2 aromatic heterocycles. The Morgan fingerprint density at radius 1 is 1.45 bits per heavy atom. The third kappa shape index (κ3) is 2.89. The maximum Gasteiger partial charge on any atom is 0.309 e. The molecule has 1 N–H and O–H groups in total. The average Bonchev–Trinajstić information content (AvgIpc) is 3.20. The first kappa shape index (κ1) is 14.8. The van der Waals surface area contributed by atoms with Gasteiger partial charge in [-0.2, -0.15) is 11.3 Å². The van der Waals surface area contributed by atoms with Gasteiger partial charge in [0.05, 0.1) is 18.3 Å². The molecule has 1 saturated heterocycles. The minimum absolute atomic E-state index is 0.0748. The number of carboxylic acid groups (broad SMARTS) is 1. The number of imidazole rings is 1. The van der Waals surface area contributed by atoms with Crippen molar-refractivity contribution in [2.45, 2.75) is 25.4 Å². The number of thiophene rings is 1. The highest BCUT2D eigenvalue weighted by molar-refractivity contribution is 7.08. The van der Waals surface area contributed by atoms with Gasteiger partial charge < -0.3 is 14.6 Å². The molecule has 1 fully saturated rings. The van der Waals surface area contributed by atoms with Crippen molar-refractivity contribution in [3.05, 3.63) is 41.1 Å². The quantitative estimate of drug-likeness (QED) is 0.884. The van der Waals surface area contributed by atoms with Crippen molar-refractivity contribution in [3.8, 4) is 0 Å². The van der Waals surface area contributed by atoms with E-state index in [0.717, 1.165) is 18.5 Å². The average molecular weight is 319 g/mol. The van der Waals surface area contributed by atoms with E-state index >= 15 is 0 Å². The summed E-state index contributed by atoms with van der Waals surface area (Å²) in [6, 6.07) is 1.56. The van der Waals surface area contributed by atoms with Crippen LogP contribution in [0.15, 0.2) is 35.5 Å². The van der Waals surface area contributed by atoms with Crippen molar-refractivity contribution < 1.29 is 14.7 Å². The number of likely N-dealkylation sites (tertiary alicyclic amines) is 1. The van der Waals surface area contributed by atoms with E-state index in [9.17, 15) is 14.7 Å². The zero-order valence-electron chi connectivity index (χ0n) is 12.0. The van der Waals surface area contributed by atoms with Crippen molar-refractivity contribution in [2.75, 3.05) is 6.54 Å². The highest BCUT2D eigenvalue weighted by Crippen LogP contribution is 2.39. The second-order valence-electron chi connectivity index (χ2n) is 5.39. The number of aromatic nitrogens is 2. The molecule has 2 aromatic rings. The Bertz CT molecular complexity index is 639. The van der Waals surface area contributed by atoms with Gasteiger partial charge in [-0.05, 0) is 28.8 Å². The minimum atomic E-state index is -0.901. The first-order valence-electron chi connectivity index (χ1n) is 7.17. The number of carboxylic acids is 1. The molecule has 3 rings (SSSR count). The number of nitrogens with zero attached hydrogens (tertiary/aromatic N) is 3. The van der Waals surface area contributed by atoms with E-state index < -0.39 is 11.9 Å². The normalized spacial score (nSPS) is 21.5. The van der Waals surface area contributed by atoms with Gasteiger partial charge in [0.1, 0.15) is 0 Å². The largest absolute Gasteiger partial charge is 0.481 e. The first-order valence-corrected chi connectivity index (χ1v) is 8.11. The Kier molecular flexibility index (Phi) is 4.24. The summed E-state index contributed by atoms with van der Waals surface area (Å²) >= 11 is 1.52. The van der Waals surface area contributed by atoms with Crippen molar-refractivity contribution >= 4 is 23.2 Å². The SMILES string of the molecule is O=C(O)[C@@H]1CC(=O)N(CCCn2ccnc2)[C@@H]1c1ccsc1. The standard InChI is InChI=1S/C15H17N3O3S/c19-13-8-12(15(20)21)14(11-2-7-22-9-11)18(13)5-1-4-17-6-3-16-10-17/h2-3,6-7,9-10,12,14H,1,4-5,8H2,(H,20,21)/t12-,14-/m1/s1. The Balaban J connectivity index is 1.72. The fraction of sp³-hybridized carbons (Fsp3) is 0.400. The molecule has 1 amide bonds. The van der Waals surface area contributed by atoms with Crippen LogP contribution in [0.25, 0.3) is 0 Å². The maximum absolute atomic E-state index is 12.2. The molecule has 0 unspecified atom stereocenters. The minimum Gasteiger partial charge on any atom is -0.481 e. The van der Waals surface area contributed by atoms with Gasteiger partial charge in [-0.25, -0.2) is 4.98 Å². The van der Waals surface area contributed by atoms with Gasteiger partial charge in [0, 0.05) is 31.9 Å². The summed E-state index contributed by atoms with van der Waals surface area (Å²) in [7, 11) is 0. The molecule has 7 heteroatoms. The van der Waals surface area contributed by atoms with E-state index in [4.69, 9.17) is 0 Å². The molecule has 1 aliphatic heterocycles. The lowest BCUT2D eigenvalue weighted by Gasteiger charge is -2.26. The van der Waals surface area contributed by atoms with E-state index in [1.165, 1.54) is 11.3 Å². The number of aryl methyl sites for hydroxylation is 1. The summed E-state index contributed by atoms with van der Waals surface area (Å²) in [4.78, 5) is 29.4. The molecule has 1 aliphatic rings. The predicted molar refractivity (Wildman–Crippen MR) is 81.4 cm³/mol. The Morgan fingerprint density at radius 2 is 2.32 bits per heavy atom. The monoisotopic (exact) mass is 319 g/mol. The van der Waals surface area contributed by atoms with Crippen molar-refractivity contribution in [1.29, 1.82) is 0 Å². The predicted octanol–water partition coefficient (Wildman–Crippen LogP) is 2.01. The number of amides is 1. The number of hydrogen-bond acceptors (Lipinski definition) is 4. The third-order valence-corrected chi connectivity index (χ3v) is 4.71. The van der Waals surface area contributed by atoms with Crippen LogP contribution in [-0.2, 0) is 16.1 Å². The number of aliphatic carboxylic acids is 1. The van der Waals surface area contributed by atoms with Crippen LogP contribution in [0.4, 0.5) is 0 Å². The maximum atomic E-state index is 12.2. The second-order valence-corrected chi connectivity index (χ2v) is 6.17. The number of hydrogen-bond donors (Lipinski definition) is 1. The molecule has 0 aromatic carbocycles. The lowest BCUT2D eigenvalue weighted by atomic mass is 9.95. The Labute approximate surface area is 132 Å². The van der Waals surface area contributed by atoms with Crippen LogP contribution in [0.2, 0.25) is 0 Å². The summed E-state index contributed by atoms with van der Waals surface area (Å²) in [6.07, 6.45) is 6.19. The summed E-state index contributed by atoms with van der Waals surface area (Å²) in [6.45, 7) is 1.32. The molecule has 0 bridgehead atoms. The van der Waals surface area contributed by atoms with E-state index in [0.29, 0.717) is 6.54 Å². The Hall–Kier alpha value is -2.15. The molecule has 22 heavy (non-hydrogen) atoms. The smallest absolute Gasteiger partial charge is 0.309 e. The Morgan fingerprint density at radius 3 is 2.95 bits per heavy atom. The molecule has 0 radical (unpaired) electrons. The second kappa shape index (κ2) is 6.31. The van der Waals surface area contributed by atoms with Gasteiger partial charge in [0.15, 0.2) is 0 Å². The highest BCUT2D eigenvalue weighted by Gasteiger charge is 2.44. The van der Waals surface area contributed by atoms with Crippen LogP contribution in [0.3, 0.4) is 0 Å². The number of carbonyl (C=O) groups excluding carboxylic acids is 1. The fourth-order valence-corrected chi connectivity index (χ4v) is 3.66. The molecule has 0 aliphatic carbocycles. The zero-order valence-corrected chi connectivity index (χ0v) is 12.8. The zero-order chi connectivity index (χ0) is 15.5. The third-order valence-electron chi connectivity index (χ3n) is 4.01. The first-order chi connectivity index (χ1) is 10.7. The van der Waals surface area contributed by atoms with Crippen LogP contribution < -0.4 is 0 Å². The van der Waals surface area contributed by atoms with E-state index in [2.05, 4.69) is 4.98 Å². The van der Waals surface area contributed by atoms with Gasteiger partial charge >= 0.3 is 5.97 Å². The molecule has 2 atom stereocenters. The van der Waals surface area contributed by atoms with Crippen LogP contribution in [0.5, 0.6) is 0 Å². The van der Waals surface area contributed by atoms with Crippen LogP contribution in [0.1, 0.15) is 24.4 Å². The summed E-state index contributed by atoms with van der Waals surface area (Å²) in [5.41, 5.74) is 0.922. The molecular formula is C15H17N3O3S. The summed E-state index contributed by atoms with van der Waals surface area (Å²) < 4.78 is 1.95. The fourth-order valence-electron chi connectivity index (χ4n) is 2.97. The van der Waals surface area contributed by atoms with E-state index in [-0.39, 0.29) is 18.4 Å². The lowest BCUT2D eigenvalue weighted by Crippen LogP contribution is -2.31. The molecule has 0 spiro atoms. The molecule has 3 heterocycles.